The van der Waals surface area contributed by atoms with Gasteiger partial charge in [0.25, 0.3) is 0 Å². The third-order valence-corrected chi connectivity index (χ3v) is 5.82. The molecule has 0 aliphatic heterocycles. The summed E-state index contributed by atoms with van der Waals surface area (Å²) in [6.07, 6.45) is 3.54. The third kappa shape index (κ3) is 6.94. The molecular formula is C27H34N4O3. The summed E-state index contributed by atoms with van der Waals surface area (Å²) in [6, 6.07) is 16.1. The van der Waals surface area contributed by atoms with Gasteiger partial charge in [0, 0.05) is 37.0 Å². The summed E-state index contributed by atoms with van der Waals surface area (Å²) >= 11 is 0. The predicted molar refractivity (Wildman–Crippen MR) is 134 cm³/mol. The molecule has 7 heteroatoms. The normalized spacial score (nSPS) is 12.8. The fourth-order valence-electron chi connectivity index (χ4n) is 4.05. The highest BCUT2D eigenvalue weighted by atomic mass is 16.2. The number of H-pyrrole nitrogens is 1. The number of amides is 3. The van der Waals surface area contributed by atoms with Crippen LogP contribution in [0, 0.1) is 5.92 Å². The van der Waals surface area contributed by atoms with E-state index in [1.54, 1.807) is 7.05 Å². The lowest BCUT2D eigenvalue weighted by atomic mass is 10.0. The van der Waals surface area contributed by atoms with Gasteiger partial charge in [0.2, 0.25) is 17.7 Å². The lowest BCUT2D eigenvalue weighted by Gasteiger charge is -2.24. The Morgan fingerprint density at radius 1 is 0.882 bits per heavy atom. The zero-order valence-corrected chi connectivity index (χ0v) is 20.1. The summed E-state index contributed by atoms with van der Waals surface area (Å²) in [5.41, 5.74) is 2.96. The highest BCUT2D eigenvalue weighted by Crippen LogP contribution is 2.19. The smallest absolute Gasteiger partial charge is 0.243 e. The first-order valence-corrected chi connectivity index (χ1v) is 11.8. The summed E-state index contributed by atoms with van der Waals surface area (Å²) in [5.74, 6) is -0.602. The monoisotopic (exact) mass is 462 g/mol. The molecule has 0 saturated carbocycles. The van der Waals surface area contributed by atoms with Crippen molar-refractivity contribution in [1.82, 2.24) is 20.9 Å². The maximum atomic E-state index is 13.3. The number of rotatable bonds is 11. The van der Waals surface area contributed by atoms with Gasteiger partial charge in [-0.05, 0) is 36.0 Å². The molecule has 2 atom stereocenters. The molecule has 34 heavy (non-hydrogen) atoms. The number of carbonyl (C=O) groups excluding carboxylic acids is 3. The minimum absolute atomic E-state index is 0.204. The van der Waals surface area contributed by atoms with Gasteiger partial charge in [-0.1, -0.05) is 62.4 Å². The van der Waals surface area contributed by atoms with Gasteiger partial charge in [-0.2, -0.15) is 0 Å². The molecule has 3 amide bonds. The Hall–Kier alpha value is -3.61. The van der Waals surface area contributed by atoms with Gasteiger partial charge in [0.15, 0.2) is 0 Å². The van der Waals surface area contributed by atoms with Gasteiger partial charge >= 0.3 is 0 Å². The molecular weight excluding hydrogens is 428 g/mol. The van der Waals surface area contributed by atoms with E-state index in [0.29, 0.717) is 19.3 Å². The molecule has 7 nitrogen and oxygen atoms in total. The highest BCUT2D eigenvalue weighted by Gasteiger charge is 2.27. The first-order chi connectivity index (χ1) is 16.4. The lowest BCUT2D eigenvalue weighted by molar-refractivity contribution is -0.132. The summed E-state index contributed by atoms with van der Waals surface area (Å²) < 4.78 is 0. The summed E-state index contributed by atoms with van der Waals surface area (Å²) in [4.78, 5) is 41.7. The molecule has 4 N–H and O–H groups in total. The van der Waals surface area contributed by atoms with Crippen LogP contribution in [0.2, 0.25) is 0 Å². The van der Waals surface area contributed by atoms with Crippen LogP contribution in [0.3, 0.4) is 0 Å². The number of aromatic nitrogens is 1. The van der Waals surface area contributed by atoms with Gasteiger partial charge in [-0.15, -0.1) is 0 Å². The Bertz CT molecular complexity index is 1110. The number of aryl methyl sites for hydroxylation is 1. The number of benzene rings is 2. The average Bonchev–Trinajstić information content (AvgIpc) is 3.24. The Morgan fingerprint density at radius 3 is 2.29 bits per heavy atom. The van der Waals surface area contributed by atoms with Crippen molar-refractivity contribution in [3.63, 3.8) is 0 Å². The van der Waals surface area contributed by atoms with Crippen molar-refractivity contribution < 1.29 is 14.4 Å². The zero-order valence-electron chi connectivity index (χ0n) is 20.1. The fourth-order valence-corrected chi connectivity index (χ4v) is 4.05. The van der Waals surface area contributed by atoms with Crippen molar-refractivity contribution in [2.24, 2.45) is 5.92 Å². The minimum atomic E-state index is -0.804. The number of fused-ring (bicyclic) bond motifs is 1. The molecule has 1 heterocycles. The Balaban J connectivity index is 1.76. The van der Waals surface area contributed by atoms with E-state index in [-0.39, 0.29) is 30.1 Å². The Labute approximate surface area is 200 Å². The minimum Gasteiger partial charge on any atom is -0.361 e. The molecule has 0 bridgehead atoms. The van der Waals surface area contributed by atoms with E-state index >= 15 is 0 Å². The molecule has 1 aromatic heterocycles. The lowest BCUT2D eigenvalue weighted by Crippen LogP contribution is -2.54. The molecule has 0 unspecified atom stereocenters. The van der Waals surface area contributed by atoms with Crippen molar-refractivity contribution >= 4 is 28.6 Å². The van der Waals surface area contributed by atoms with Crippen LogP contribution >= 0.6 is 0 Å². The molecule has 0 radical (unpaired) electrons. The van der Waals surface area contributed by atoms with E-state index in [2.05, 4.69) is 20.9 Å². The standard InChI is InChI=1S/C27H34N4O3/c1-18(2)15-23(26(33)28-3)31-27(34)24(16-20-17-29-22-12-8-7-11-21(20)22)30-25(32)14-13-19-9-5-4-6-10-19/h4-12,17-18,23-24,29H,13-16H2,1-3H3,(H,28,33)(H,30,32)(H,31,34)/t23-,24-/m0/s1. The average molecular weight is 463 g/mol. The molecule has 0 spiro atoms. The predicted octanol–water partition coefficient (Wildman–Crippen LogP) is 3.10. The second-order valence-corrected chi connectivity index (χ2v) is 8.97. The molecule has 0 saturated heterocycles. The fraction of sp³-hybridized carbons (Fsp3) is 0.370. The quantitative estimate of drug-likeness (QED) is 0.352. The summed E-state index contributed by atoms with van der Waals surface area (Å²) in [5, 5.41) is 9.39. The van der Waals surface area contributed by atoms with Crippen LogP contribution in [0.15, 0.2) is 60.8 Å². The van der Waals surface area contributed by atoms with Crippen molar-refractivity contribution in [2.75, 3.05) is 7.05 Å². The van der Waals surface area contributed by atoms with Gasteiger partial charge < -0.3 is 20.9 Å². The maximum absolute atomic E-state index is 13.3. The topological polar surface area (TPSA) is 103 Å². The molecule has 0 aliphatic carbocycles. The zero-order chi connectivity index (χ0) is 24.5. The van der Waals surface area contributed by atoms with Gasteiger partial charge in [-0.3, -0.25) is 14.4 Å². The van der Waals surface area contributed by atoms with E-state index in [4.69, 9.17) is 0 Å². The molecule has 3 aromatic rings. The number of hydrogen-bond acceptors (Lipinski definition) is 3. The summed E-state index contributed by atoms with van der Waals surface area (Å²) in [6.45, 7) is 3.99. The van der Waals surface area contributed by atoms with Crippen molar-refractivity contribution in [3.05, 3.63) is 71.9 Å². The van der Waals surface area contributed by atoms with Crippen LogP contribution in [0.1, 0.15) is 37.8 Å². The van der Waals surface area contributed by atoms with E-state index in [0.717, 1.165) is 22.0 Å². The first kappa shape index (κ1) is 25.0. The largest absolute Gasteiger partial charge is 0.361 e. The number of carbonyl (C=O) groups is 3. The number of nitrogens with one attached hydrogen (secondary N) is 4. The molecule has 0 fully saturated rings. The van der Waals surface area contributed by atoms with Crippen LogP contribution < -0.4 is 16.0 Å². The first-order valence-electron chi connectivity index (χ1n) is 11.8. The van der Waals surface area contributed by atoms with Crippen LogP contribution in [0.25, 0.3) is 10.9 Å². The Morgan fingerprint density at radius 2 is 1.59 bits per heavy atom. The summed E-state index contributed by atoms with van der Waals surface area (Å²) in [7, 11) is 1.55. The van der Waals surface area contributed by atoms with Crippen molar-refractivity contribution in [3.8, 4) is 0 Å². The van der Waals surface area contributed by atoms with E-state index in [1.807, 2.05) is 74.6 Å². The molecule has 3 rings (SSSR count). The van der Waals surface area contributed by atoms with Gasteiger partial charge in [0.1, 0.15) is 12.1 Å². The Kier molecular flexibility index (Phi) is 8.85. The van der Waals surface area contributed by atoms with E-state index in [9.17, 15) is 14.4 Å². The third-order valence-electron chi connectivity index (χ3n) is 5.82. The number of hydrogen-bond donors (Lipinski definition) is 4. The SMILES string of the molecule is CNC(=O)[C@H](CC(C)C)NC(=O)[C@H](Cc1c[nH]c2ccccc12)NC(=O)CCc1ccccc1. The highest BCUT2D eigenvalue weighted by molar-refractivity contribution is 5.93. The maximum Gasteiger partial charge on any atom is 0.243 e. The molecule has 0 aliphatic rings. The number of aromatic amines is 1. The van der Waals surface area contributed by atoms with Crippen molar-refractivity contribution in [1.29, 1.82) is 0 Å². The number of para-hydroxylation sites is 1. The van der Waals surface area contributed by atoms with Crippen LogP contribution in [-0.4, -0.2) is 41.8 Å². The van der Waals surface area contributed by atoms with Crippen LogP contribution in [0.5, 0.6) is 0 Å². The van der Waals surface area contributed by atoms with E-state index < -0.39 is 12.1 Å². The van der Waals surface area contributed by atoms with Crippen molar-refractivity contribution in [2.45, 2.75) is 51.6 Å². The van der Waals surface area contributed by atoms with Gasteiger partial charge in [0.05, 0.1) is 0 Å². The van der Waals surface area contributed by atoms with E-state index in [1.165, 1.54) is 0 Å². The molecule has 2 aromatic carbocycles. The molecule has 180 valence electrons. The van der Waals surface area contributed by atoms with Crippen LogP contribution in [-0.2, 0) is 27.2 Å². The van der Waals surface area contributed by atoms with Crippen LogP contribution in [0.4, 0.5) is 0 Å². The second-order valence-electron chi connectivity index (χ2n) is 8.97. The number of likely N-dealkylation sites (N-methyl/N-ethyl adjacent to an activating group) is 1. The second kappa shape index (κ2) is 12.0. The van der Waals surface area contributed by atoms with Gasteiger partial charge in [-0.25, -0.2) is 0 Å².